The van der Waals surface area contributed by atoms with E-state index in [1.807, 2.05) is 6.07 Å². The smallest absolute Gasteiger partial charge is 0.131 e. The van der Waals surface area contributed by atoms with Crippen LogP contribution in [0.25, 0.3) is 0 Å². The second-order valence-electron chi connectivity index (χ2n) is 4.72. The lowest BCUT2D eigenvalue weighted by Gasteiger charge is -2.10. The molecule has 2 rings (SSSR count). The first-order chi connectivity index (χ1) is 7.79. The molecule has 0 spiro atoms. The fourth-order valence-electron chi connectivity index (χ4n) is 2.42. The van der Waals surface area contributed by atoms with Gasteiger partial charge in [-0.05, 0) is 19.3 Å². The Labute approximate surface area is 97.5 Å². The quantitative estimate of drug-likeness (QED) is 0.846. The summed E-state index contributed by atoms with van der Waals surface area (Å²) in [4.78, 5) is 8.97. The van der Waals surface area contributed by atoms with Crippen LogP contribution in [0.1, 0.15) is 62.9 Å². The number of anilines is 1. The van der Waals surface area contributed by atoms with E-state index in [2.05, 4.69) is 16.9 Å². The van der Waals surface area contributed by atoms with E-state index in [1.165, 1.54) is 37.8 Å². The minimum absolute atomic E-state index is 0.630. The molecule has 0 amide bonds. The third kappa shape index (κ3) is 2.71. The highest BCUT2D eigenvalue weighted by Crippen LogP contribution is 2.33. The lowest BCUT2D eigenvalue weighted by molar-refractivity contribution is 0.674. The zero-order chi connectivity index (χ0) is 11.4. The molecule has 1 aromatic heterocycles. The van der Waals surface area contributed by atoms with Crippen LogP contribution in [0, 0.1) is 0 Å². The number of aromatic nitrogens is 2. The van der Waals surface area contributed by atoms with Crippen LogP contribution >= 0.6 is 0 Å². The molecule has 0 radical (unpaired) electrons. The number of nitrogens with zero attached hydrogens (tertiary/aromatic N) is 2. The van der Waals surface area contributed by atoms with Gasteiger partial charge in [0.25, 0.3) is 0 Å². The summed E-state index contributed by atoms with van der Waals surface area (Å²) in [5.74, 6) is 2.21. The lowest BCUT2D eigenvalue weighted by atomic mass is 10.0. The van der Waals surface area contributed by atoms with E-state index in [9.17, 15) is 0 Å². The van der Waals surface area contributed by atoms with E-state index >= 15 is 0 Å². The number of nitrogens with two attached hydrogens (primary N) is 1. The van der Waals surface area contributed by atoms with E-state index in [4.69, 9.17) is 5.73 Å². The molecule has 88 valence electrons. The average Bonchev–Trinajstić information content (AvgIpc) is 2.79. The standard InChI is InChI=1S/C13H21N3/c1-2-3-8-13-15-11(9-12(14)16-13)10-6-4-5-7-10/h9-10H,2-8H2,1H3,(H2,14,15,16). The average molecular weight is 219 g/mol. The van der Waals surface area contributed by atoms with Crippen molar-refractivity contribution in [2.75, 3.05) is 5.73 Å². The van der Waals surface area contributed by atoms with Crippen molar-refractivity contribution in [3.8, 4) is 0 Å². The van der Waals surface area contributed by atoms with Crippen LogP contribution in [0.2, 0.25) is 0 Å². The van der Waals surface area contributed by atoms with Gasteiger partial charge in [0.1, 0.15) is 11.6 Å². The van der Waals surface area contributed by atoms with Crippen molar-refractivity contribution in [1.29, 1.82) is 0 Å². The van der Waals surface area contributed by atoms with Crippen molar-refractivity contribution < 1.29 is 0 Å². The molecule has 1 fully saturated rings. The molecule has 2 N–H and O–H groups in total. The van der Waals surface area contributed by atoms with Gasteiger partial charge in [0.15, 0.2) is 0 Å². The minimum atomic E-state index is 0.630. The molecule has 1 heterocycles. The summed E-state index contributed by atoms with van der Waals surface area (Å²) in [6, 6.07) is 1.96. The van der Waals surface area contributed by atoms with Crippen molar-refractivity contribution in [3.05, 3.63) is 17.6 Å². The van der Waals surface area contributed by atoms with Crippen LogP contribution in [-0.2, 0) is 6.42 Å². The molecule has 0 unspecified atom stereocenters. The molecule has 0 aliphatic heterocycles. The Balaban J connectivity index is 2.14. The Hall–Kier alpha value is -1.12. The van der Waals surface area contributed by atoms with Gasteiger partial charge in [-0.1, -0.05) is 26.2 Å². The van der Waals surface area contributed by atoms with Crippen molar-refractivity contribution in [2.45, 2.75) is 57.8 Å². The van der Waals surface area contributed by atoms with Crippen molar-refractivity contribution in [3.63, 3.8) is 0 Å². The zero-order valence-corrected chi connectivity index (χ0v) is 10.1. The molecular weight excluding hydrogens is 198 g/mol. The van der Waals surface area contributed by atoms with Gasteiger partial charge in [-0.2, -0.15) is 0 Å². The van der Waals surface area contributed by atoms with Gasteiger partial charge in [0.05, 0.1) is 0 Å². The van der Waals surface area contributed by atoms with E-state index in [-0.39, 0.29) is 0 Å². The fraction of sp³-hybridized carbons (Fsp3) is 0.692. The summed E-state index contributed by atoms with van der Waals surface area (Å²) in [7, 11) is 0. The van der Waals surface area contributed by atoms with Crippen LogP contribution in [0.3, 0.4) is 0 Å². The molecule has 16 heavy (non-hydrogen) atoms. The molecule has 0 aromatic carbocycles. The maximum Gasteiger partial charge on any atom is 0.131 e. The summed E-state index contributed by atoms with van der Waals surface area (Å²) < 4.78 is 0. The molecule has 1 aromatic rings. The molecule has 0 saturated heterocycles. The molecule has 1 aliphatic rings. The largest absolute Gasteiger partial charge is 0.384 e. The lowest BCUT2D eigenvalue weighted by Crippen LogP contribution is -2.06. The van der Waals surface area contributed by atoms with E-state index < -0.39 is 0 Å². The van der Waals surface area contributed by atoms with Crippen LogP contribution in [0.15, 0.2) is 6.07 Å². The first-order valence-corrected chi connectivity index (χ1v) is 6.43. The third-order valence-corrected chi connectivity index (χ3v) is 3.34. The number of nitrogen functional groups attached to an aromatic ring is 1. The summed E-state index contributed by atoms with van der Waals surface area (Å²) in [6.45, 7) is 2.18. The van der Waals surface area contributed by atoms with Crippen LogP contribution in [-0.4, -0.2) is 9.97 Å². The van der Waals surface area contributed by atoms with Gasteiger partial charge in [-0.25, -0.2) is 9.97 Å². The molecule has 1 aliphatic carbocycles. The number of unbranched alkanes of at least 4 members (excludes halogenated alkanes) is 1. The summed E-state index contributed by atoms with van der Waals surface area (Å²) in [5.41, 5.74) is 7.02. The summed E-state index contributed by atoms with van der Waals surface area (Å²) in [5, 5.41) is 0. The topological polar surface area (TPSA) is 51.8 Å². The van der Waals surface area contributed by atoms with E-state index in [1.54, 1.807) is 0 Å². The Kier molecular flexibility index (Phi) is 3.75. The first kappa shape index (κ1) is 11.4. The van der Waals surface area contributed by atoms with Crippen LogP contribution in [0.4, 0.5) is 5.82 Å². The van der Waals surface area contributed by atoms with Crippen molar-refractivity contribution in [2.24, 2.45) is 0 Å². The second-order valence-corrected chi connectivity index (χ2v) is 4.72. The summed E-state index contributed by atoms with van der Waals surface area (Å²) >= 11 is 0. The molecule has 1 saturated carbocycles. The first-order valence-electron chi connectivity index (χ1n) is 6.43. The van der Waals surface area contributed by atoms with E-state index in [0.29, 0.717) is 11.7 Å². The number of hydrogen-bond acceptors (Lipinski definition) is 3. The molecule has 3 heteroatoms. The van der Waals surface area contributed by atoms with Gasteiger partial charge >= 0.3 is 0 Å². The van der Waals surface area contributed by atoms with Gasteiger partial charge < -0.3 is 5.73 Å². The SMILES string of the molecule is CCCCc1nc(N)cc(C2CCCC2)n1. The Morgan fingerprint density at radius 2 is 2.06 bits per heavy atom. The molecule has 0 bridgehead atoms. The molecule has 0 atom stereocenters. The fourth-order valence-corrected chi connectivity index (χ4v) is 2.42. The van der Waals surface area contributed by atoms with Crippen molar-refractivity contribution >= 4 is 5.82 Å². The molecule has 3 nitrogen and oxygen atoms in total. The highest BCUT2D eigenvalue weighted by molar-refractivity contribution is 5.31. The minimum Gasteiger partial charge on any atom is -0.384 e. The maximum atomic E-state index is 5.85. The number of hydrogen-bond donors (Lipinski definition) is 1. The van der Waals surface area contributed by atoms with Crippen LogP contribution < -0.4 is 5.73 Å². The predicted octanol–water partition coefficient (Wildman–Crippen LogP) is 3.06. The summed E-state index contributed by atoms with van der Waals surface area (Å²) in [6.07, 6.45) is 8.48. The Morgan fingerprint density at radius 3 is 2.75 bits per heavy atom. The molecular formula is C13H21N3. The monoisotopic (exact) mass is 219 g/mol. The highest BCUT2D eigenvalue weighted by Gasteiger charge is 2.19. The predicted molar refractivity (Wildman–Crippen MR) is 66.3 cm³/mol. The van der Waals surface area contributed by atoms with Gasteiger partial charge in [0, 0.05) is 24.1 Å². The Morgan fingerprint density at radius 1 is 1.31 bits per heavy atom. The maximum absolute atomic E-state index is 5.85. The zero-order valence-electron chi connectivity index (χ0n) is 10.1. The number of rotatable bonds is 4. The number of aryl methyl sites for hydroxylation is 1. The van der Waals surface area contributed by atoms with E-state index in [0.717, 1.165) is 18.7 Å². The van der Waals surface area contributed by atoms with Crippen molar-refractivity contribution in [1.82, 2.24) is 9.97 Å². The third-order valence-electron chi connectivity index (χ3n) is 3.34. The van der Waals surface area contributed by atoms with Gasteiger partial charge in [-0.15, -0.1) is 0 Å². The highest BCUT2D eigenvalue weighted by atomic mass is 14.9. The Bertz CT molecular complexity index is 343. The normalized spacial score (nSPS) is 16.8. The van der Waals surface area contributed by atoms with Gasteiger partial charge in [-0.3, -0.25) is 0 Å². The van der Waals surface area contributed by atoms with Crippen LogP contribution in [0.5, 0.6) is 0 Å². The second kappa shape index (κ2) is 5.28. The van der Waals surface area contributed by atoms with Gasteiger partial charge in [0.2, 0.25) is 0 Å².